The Kier molecular flexibility index (Phi) is 4.23. The molecule has 0 radical (unpaired) electrons. The molecule has 1 spiro atoms. The molecular formula is C14H25N5S. The van der Waals surface area contributed by atoms with Crippen molar-refractivity contribution in [1.82, 2.24) is 20.0 Å². The molecule has 2 aliphatic heterocycles. The van der Waals surface area contributed by atoms with Gasteiger partial charge >= 0.3 is 0 Å². The fourth-order valence-corrected chi connectivity index (χ4v) is 4.16. The van der Waals surface area contributed by atoms with Gasteiger partial charge < -0.3 is 14.7 Å². The summed E-state index contributed by atoms with van der Waals surface area (Å²) in [5.74, 6) is 0. The van der Waals surface area contributed by atoms with E-state index in [-0.39, 0.29) is 0 Å². The predicted octanol–water partition coefficient (Wildman–Crippen LogP) is 1.39. The SMILES string of the molecule is CN(C)CCN1CC[C@]2(CCCN(c3nncs3)C2)C1. The van der Waals surface area contributed by atoms with Crippen molar-refractivity contribution < 1.29 is 0 Å². The number of hydrogen-bond acceptors (Lipinski definition) is 6. The highest BCUT2D eigenvalue weighted by Crippen LogP contribution is 2.40. The first-order chi connectivity index (χ1) is 9.67. The van der Waals surface area contributed by atoms with Crippen molar-refractivity contribution >= 4 is 16.5 Å². The van der Waals surface area contributed by atoms with Crippen molar-refractivity contribution in [1.29, 1.82) is 0 Å². The van der Waals surface area contributed by atoms with Crippen LogP contribution in [0.5, 0.6) is 0 Å². The summed E-state index contributed by atoms with van der Waals surface area (Å²) in [6.07, 6.45) is 4.01. The zero-order chi connectivity index (χ0) is 14.0. The van der Waals surface area contributed by atoms with Crippen LogP contribution in [0.25, 0.3) is 0 Å². The van der Waals surface area contributed by atoms with Crippen molar-refractivity contribution in [3.8, 4) is 0 Å². The van der Waals surface area contributed by atoms with E-state index in [1.54, 1.807) is 11.3 Å². The van der Waals surface area contributed by atoms with Crippen LogP contribution in [0.2, 0.25) is 0 Å². The van der Waals surface area contributed by atoms with Gasteiger partial charge in [-0.15, -0.1) is 10.2 Å². The van der Waals surface area contributed by atoms with Gasteiger partial charge in [0.15, 0.2) is 0 Å². The van der Waals surface area contributed by atoms with Crippen LogP contribution < -0.4 is 4.90 Å². The van der Waals surface area contributed by atoms with Crippen molar-refractivity contribution in [3.63, 3.8) is 0 Å². The van der Waals surface area contributed by atoms with Gasteiger partial charge in [0.1, 0.15) is 5.51 Å². The number of nitrogens with zero attached hydrogens (tertiary/aromatic N) is 5. The van der Waals surface area contributed by atoms with E-state index in [0.29, 0.717) is 5.41 Å². The molecule has 2 saturated heterocycles. The molecular weight excluding hydrogens is 270 g/mol. The molecule has 3 rings (SSSR count). The van der Waals surface area contributed by atoms with Crippen molar-refractivity contribution in [2.45, 2.75) is 19.3 Å². The third-order valence-electron chi connectivity index (χ3n) is 4.66. The average molecular weight is 295 g/mol. The van der Waals surface area contributed by atoms with E-state index in [9.17, 15) is 0 Å². The number of piperidine rings is 1. The monoisotopic (exact) mass is 295 g/mol. The van der Waals surface area contributed by atoms with Crippen molar-refractivity contribution in [2.75, 3.05) is 58.3 Å². The van der Waals surface area contributed by atoms with Gasteiger partial charge in [-0.1, -0.05) is 11.3 Å². The molecule has 0 N–H and O–H groups in total. The van der Waals surface area contributed by atoms with Crippen LogP contribution in [0.3, 0.4) is 0 Å². The summed E-state index contributed by atoms with van der Waals surface area (Å²) in [4.78, 5) is 7.37. The van der Waals surface area contributed by atoms with Crippen molar-refractivity contribution in [3.05, 3.63) is 5.51 Å². The lowest BCUT2D eigenvalue weighted by Crippen LogP contribution is -2.45. The third kappa shape index (κ3) is 3.13. The Morgan fingerprint density at radius 2 is 2.20 bits per heavy atom. The highest BCUT2D eigenvalue weighted by atomic mass is 32.1. The van der Waals surface area contributed by atoms with Crippen LogP contribution in [-0.2, 0) is 0 Å². The quantitative estimate of drug-likeness (QED) is 0.839. The molecule has 2 fully saturated rings. The first-order valence-corrected chi connectivity index (χ1v) is 8.43. The van der Waals surface area contributed by atoms with Gasteiger partial charge in [-0.25, -0.2) is 0 Å². The number of anilines is 1. The van der Waals surface area contributed by atoms with E-state index in [4.69, 9.17) is 0 Å². The average Bonchev–Trinajstić information content (AvgIpc) is 3.07. The Morgan fingerprint density at radius 3 is 2.95 bits per heavy atom. The minimum Gasteiger partial charge on any atom is -0.346 e. The number of aromatic nitrogens is 2. The molecule has 2 aliphatic rings. The van der Waals surface area contributed by atoms with E-state index in [0.717, 1.165) is 18.2 Å². The number of rotatable bonds is 4. The first-order valence-electron chi connectivity index (χ1n) is 7.55. The molecule has 6 heteroatoms. The maximum absolute atomic E-state index is 4.25. The second-order valence-corrected chi connectivity index (χ2v) is 7.39. The van der Waals surface area contributed by atoms with Crippen LogP contribution in [-0.4, -0.2) is 73.4 Å². The second kappa shape index (κ2) is 5.95. The van der Waals surface area contributed by atoms with Crippen LogP contribution in [0, 0.1) is 5.41 Å². The van der Waals surface area contributed by atoms with E-state index in [1.165, 1.54) is 45.4 Å². The molecule has 3 heterocycles. The standard InChI is InChI=1S/C14H25N5S/c1-17(2)8-9-18-7-5-14(10-18)4-3-6-19(11-14)13-16-15-12-20-13/h12H,3-11H2,1-2H3/t14-/m1/s1. The number of hydrogen-bond donors (Lipinski definition) is 0. The molecule has 0 unspecified atom stereocenters. The summed E-state index contributed by atoms with van der Waals surface area (Å²) < 4.78 is 0. The summed E-state index contributed by atoms with van der Waals surface area (Å²) in [5, 5.41) is 9.34. The smallest absolute Gasteiger partial charge is 0.208 e. The van der Waals surface area contributed by atoms with Gasteiger partial charge in [-0.3, -0.25) is 0 Å². The molecule has 0 saturated carbocycles. The fourth-order valence-electron chi connectivity index (χ4n) is 3.57. The maximum Gasteiger partial charge on any atom is 0.208 e. The van der Waals surface area contributed by atoms with Gasteiger partial charge in [0.2, 0.25) is 5.13 Å². The molecule has 1 atom stereocenters. The highest BCUT2D eigenvalue weighted by Gasteiger charge is 2.41. The Balaban J connectivity index is 1.59. The fraction of sp³-hybridized carbons (Fsp3) is 0.857. The zero-order valence-corrected chi connectivity index (χ0v) is 13.4. The molecule has 0 bridgehead atoms. The molecule has 0 amide bonds. The number of likely N-dealkylation sites (tertiary alicyclic amines) is 1. The summed E-state index contributed by atoms with van der Waals surface area (Å²) in [5.41, 5.74) is 2.34. The Labute approximate surface area is 125 Å². The van der Waals surface area contributed by atoms with Gasteiger partial charge in [0.05, 0.1) is 0 Å². The lowest BCUT2D eigenvalue weighted by atomic mass is 9.79. The summed E-state index contributed by atoms with van der Waals surface area (Å²) >= 11 is 1.67. The van der Waals surface area contributed by atoms with E-state index >= 15 is 0 Å². The van der Waals surface area contributed by atoms with Crippen molar-refractivity contribution in [2.24, 2.45) is 5.41 Å². The van der Waals surface area contributed by atoms with E-state index < -0.39 is 0 Å². The first kappa shape index (κ1) is 14.2. The van der Waals surface area contributed by atoms with E-state index in [1.807, 2.05) is 5.51 Å². The van der Waals surface area contributed by atoms with Gasteiger partial charge in [-0.2, -0.15) is 0 Å². The molecule has 1 aromatic rings. The molecule has 1 aromatic heterocycles. The molecule has 0 aliphatic carbocycles. The Hall–Kier alpha value is -0.720. The lowest BCUT2D eigenvalue weighted by molar-refractivity contribution is 0.210. The molecule has 5 nitrogen and oxygen atoms in total. The van der Waals surface area contributed by atoms with Crippen LogP contribution in [0.15, 0.2) is 5.51 Å². The largest absolute Gasteiger partial charge is 0.346 e. The lowest BCUT2D eigenvalue weighted by Gasteiger charge is -2.40. The Morgan fingerprint density at radius 1 is 1.30 bits per heavy atom. The zero-order valence-electron chi connectivity index (χ0n) is 12.6. The number of likely N-dealkylation sites (N-methyl/N-ethyl adjacent to an activating group) is 1. The molecule has 20 heavy (non-hydrogen) atoms. The summed E-state index contributed by atoms with van der Waals surface area (Å²) in [7, 11) is 4.31. The molecule has 0 aromatic carbocycles. The maximum atomic E-state index is 4.25. The summed E-state index contributed by atoms with van der Waals surface area (Å²) in [6.45, 7) is 7.20. The van der Waals surface area contributed by atoms with Gasteiger partial charge in [0, 0.05) is 38.1 Å². The Bertz CT molecular complexity index is 421. The second-order valence-electron chi connectivity index (χ2n) is 6.58. The normalized spacial score (nSPS) is 27.9. The third-order valence-corrected chi connectivity index (χ3v) is 5.41. The van der Waals surface area contributed by atoms with Gasteiger partial charge in [-0.05, 0) is 39.9 Å². The van der Waals surface area contributed by atoms with Crippen LogP contribution in [0.1, 0.15) is 19.3 Å². The van der Waals surface area contributed by atoms with E-state index in [2.05, 4.69) is 39.0 Å². The van der Waals surface area contributed by atoms with Gasteiger partial charge in [0.25, 0.3) is 0 Å². The van der Waals surface area contributed by atoms with Crippen LogP contribution >= 0.6 is 11.3 Å². The minimum absolute atomic E-state index is 0.496. The topological polar surface area (TPSA) is 35.5 Å². The minimum atomic E-state index is 0.496. The highest BCUT2D eigenvalue weighted by molar-refractivity contribution is 7.13. The predicted molar refractivity (Wildman–Crippen MR) is 83.4 cm³/mol. The summed E-state index contributed by atoms with van der Waals surface area (Å²) in [6, 6.07) is 0. The molecule has 112 valence electrons. The van der Waals surface area contributed by atoms with Crippen LogP contribution in [0.4, 0.5) is 5.13 Å².